The fourth-order valence-corrected chi connectivity index (χ4v) is 7.27. The monoisotopic (exact) mass is 786 g/mol. The minimum Gasteiger partial charge on any atom is -0.492 e. The molecule has 0 aliphatic rings. The van der Waals surface area contributed by atoms with Crippen LogP contribution in [0.2, 0.25) is 0 Å². The zero-order valence-electron chi connectivity index (χ0n) is 35.5. The number of carbonyl (C=O) groups is 1. The zero-order chi connectivity index (χ0) is 39.5. The van der Waals surface area contributed by atoms with Crippen LogP contribution in [0.4, 0.5) is 0 Å². The van der Waals surface area contributed by atoms with Crippen LogP contribution in [-0.2, 0) is 27.9 Å². The quantitative estimate of drug-likeness (QED) is 0.0206. The van der Waals surface area contributed by atoms with E-state index in [9.17, 15) is 14.3 Å². The second-order valence-electron chi connectivity index (χ2n) is 15.3. The van der Waals surface area contributed by atoms with Crippen molar-refractivity contribution >= 4 is 13.8 Å². The number of hydrogen-bond donors (Lipinski definition) is 2. The van der Waals surface area contributed by atoms with E-state index in [2.05, 4.69) is 26.0 Å². The molecule has 0 aliphatic carbocycles. The first-order valence-electron chi connectivity index (χ1n) is 22.9. The molecule has 54 heavy (non-hydrogen) atoms. The highest BCUT2D eigenvalue weighted by Gasteiger charge is 2.24. The summed E-state index contributed by atoms with van der Waals surface area (Å²) in [4.78, 5) is 22.3. The molecule has 0 amide bonds. The molecule has 0 aromatic rings. The molecule has 0 spiro atoms. The Morgan fingerprint density at radius 2 is 0.944 bits per heavy atom. The molecule has 8 nitrogen and oxygen atoms in total. The van der Waals surface area contributed by atoms with Crippen molar-refractivity contribution in [3.63, 3.8) is 0 Å². The number of phosphoric ester groups is 1. The van der Waals surface area contributed by atoms with Gasteiger partial charge in [-0.25, -0.2) is 4.57 Å². The summed E-state index contributed by atoms with van der Waals surface area (Å²) in [5, 5.41) is 0. The van der Waals surface area contributed by atoms with Gasteiger partial charge in [-0.2, -0.15) is 0 Å². The minimum atomic E-state index is -4.27. The summed E-state index contributed by atoms with van der Waals surface area (Å²) in [6.45, 7) is 4.23. The van der Waals surface area contributed by atoms with Crippen LogP contribution in [0, 0.1) is 0 Å². The average molecular weight is 786 g/mol. The average Bonchev–Trinajstić information content (AvgIpc) is 3.16. The molecule has 0 radical (unpaired) electrons. The lowest BCUT2D eigenvalue weighted by Gasteiger charge is -2.19. The van der Waals surface area contributed by atoms with E-state index in [0.717, 1.165) is 44.9 Å². The normalized spacial score (nSPS) is 13.6. The van der Waals surface area contributed by atoms with Crippen LogP contribution in [0.1, 0.15) is 226 Å². The molecule has 0 heterocycles. The second-order valence-corrected chi connectivity index (χ2v) is 16.8. The van der Waals surface area contributed by atoms with Crippen molar-refractivity contribution in [3.05, 3.63) is 24.5 Å². The third-order valence-electron chi connectivity index (χ3n) is 9.96. The number of esters is 1. The number of phosphoric acid groups is 1. The van der Waals surface area contributed by atoms with Crippen LogP contribution in [0.25, 0.3) is 0 Å². The van der Waals surface area contributed by atoms with Gasteiger partial charge in [-0.3, -0.25) is 13.8 Å². The summed E-state index contributed by atoms with van der Waals surface area (Å²) in [7, 11) is -4.27. The van der Waals surface area contributed by atoms with E-state index in [4.69, 9.17) is 24.3 Å². The Balaban J connectivity index is 4.01. The van der Waals surface area contributed by atoms with E-state index in [1.165, 1.54) is 161 Å². The first-order chi connectivity index (χ1) is 26.4. The van der Waals surface area contributed by atoms with E-state index in [1.807, 2.05) is 6.08 Å². The lowest BCUT2D eigenvalue weighted by atomic mass is 10.0. The van der Waals surface area contributed by atoms with Gasteiger partial charge in [0.05, 0.1) is 19.5 Å². The lowest BCUT2D eigenvalue weighted by Crippen LogP contribution is -2.25. The Labute approximate surface area is 334 Å². The highest BCUT2D eigenvalue weighted by Crippen LogP contribution is 2.43. The van der Waals surface area contributed by atoms with E-state index in [-0.39, 0.29) is 32.3 Å². The number of nitrogens with two attached hydrogens (primary N) is 1. The van der Waals surface area contributed by atoms with Gasteiger partial charge in [0.15, 0.2) is 6.10 Å². The SMILES string of the molecule is CCCCCCCCC=CCCCCCCC=COC(COC(=O)CCCCCCCCCCCCCCCCCCCCC)COP(=O)(O)OCCN. The molecule has 0 aromatic carbocycles. The number of ether oxygens (including phenoxy) is 2. The molecule has 2 unspecified atom stereocenters. The summed E-state index contributed by atoms with van der Waals surface area (Å²) in [6.07, 6.45) is 48.7. The zero-order valence-corrected chi connectivity index (χ0v) is 36.4. The van der Waals surface area contributed by atoms with E-state index in [0.29, 0.717) is 6.42 Å². The van der Waals surface area contributed by atoms with Crippen molar-refractivity contribution < 1.29 is 32.8 Å². The van der Waals surface area contributed by atoms with Crippen LogP contribution in [-0.4, -0.2) is 43.3 Å². The smallest absolute Gasteiger partial charge is 0.472 e. The lowest BCUT2D eigenvalue weighted by molar-refractivity contribution is -0.147. The molecule has 0 saturated heterocycles. The van der Waals surface area contributed by atoms with E-state index >= 15 is 0 Å². The van der Waals surface area contributed by atoms with Crippen molar-refractivity contribution in [1.82, 2.24) is 0 Å². The first-order valence-corrected chi connectivity index (χ1v) is 24.4. The fraction of sp³-hybridized carbons (Fsp3) is 0.889. The Bertz CT molecular complexity index is 884. The molecule has 0 rings (SSSR count). The molecule has 0 aliphatic heterocycles. The van der Waals surface area contributed by atoms with Crippen molar-refractivity contribution in [2.75, 3.05) is 26.4 Å². The van der Waals surface area contributed by atoms with Crippen molar-refractivity contribution in [2.45, 2.75) is 232 Å². The van der Waals surface area contributed by atoms with Gasteiger partial charge in [-0.1, -0.05) is 187 Å². The molecular weight excluding hydrogens is 697 g/mol. The summed E-state index contributed by atoms with van der Waals surface area (Å²) in [5.74, 6) is -0.289. The van der Waals surface area contributed by atoms with Crippen LogP contribution in [0.3, 0.4) is 0 Å². The predicted molar refractivity (Wildman–Crippen MR) is 229 cm³/mol. The summed E-state index contributed by atoms with van der Waals surface area (Å²) >= 11 is 0. The topological polar surface area (TPSA) is 117 Å². The number of rotatable bonds is 44. The molecule has 0 aromatic heterocycles. The Kier molecular flexibility index (Phi) is 42.0. The second kappa shape index (κ2) is 43.0. The van der Waals surface area contributed by atoms with Crippen molar-refractivity contribution in [3.8, 4) is 0 Å². The Morgan fingerprint density at radius 3 is 1.37 bits per heavy atom. The van der Waals surface area contributed by atoms with Gasteiger partial charge >= 0.3 is 13.8 Å². The Hall–Kier alpha value is -1.18. The standard InChI is InChI=1S/C45H88NO7P/c1-3-5-7-9-11-13-15-17-19-21-22-23-24-26-28-30-32-34-36-38-45(47)51-42-44(43-53-54(48,49)52-41-39-46)50-40-37-35-33-31-29-27-25-20-18-16-14-12-10-8-6-4-2/h18,20,37,40,44H,3-17,19,21-36,38-39,41-43,46H2,1-2H3,(H,48,49). The van der Waals surface area contributed by atoms with Crippen molar-refractivity contribution in [1.29, 1.82) is 0 Å². The molecule has 0 fully saturated rings. The maximum absolute atomic E-state index is 12.4. The largest absolute Gasteiger partial charge is 0.492 e. The van der Waals surface area contributed by atoms with Crippen LogP contribution in [0.5, 0.6) is 0 Å². The molecule has 3 N–H and O–H groups in total. The van der Waals surface area contributed by atoms with Gasteiger partial charge in [0.2, 0.25) is 0 Å². The number of carbonyl (C=O) groups excluding carboxylic acids is 1. The molecular formula is C45H88NO7P. The van der Waals surface area contributed by atoms with Crippen LogP contribution in [0.15, 0.2) is 24.5 Å². The molecule has 0 saturated carbocycles. The minimum absolute atomic E-state index is 0.0639. The number of unbranched alkanes of at least 4 members (excludes halogenated alkanes) is 29. The Morgan fingerprint density at radius 1 is 0.556 bits per heavy atom. The number of allylic oxidation sites excluding steroid dienone is 3. The van der Waals surface area contributed by atoms with Gasteiger partial charge in [0.1, 0.15) is 6.61 Å². The van der Waals surface area contributed by atoms with Gasteiger partial charge in [-0.05, 0) is 51.0 Å². The first kappa shape index (κ1) is 52.8. The summed E-state index contributed by atoms with van der Waals surface area (Å²) in [6, 6.07) is 0. The third kappa shape index (κ3) is 42.0. The highest BCUT2D eigenvalue weighted by molar-refractivity contribution is 7.47. The molecule has 9 heteroatoms. The van der Waals surface area contributed by atoms with Gasteiger partial charge in [-0.15, -0.1) is 0 Å². The highest BCUT2D eigenvalue weighted by atomic mass is 31.2. The van der Waals surface area contributed by atoms with Crippen molar-refractivity contribution in [2.24, 2.45) is 5.73 Å². The van der Waals surface area contributed by atoms with Gasteiger partial charge < -0.3 is 20.1 Å². The molecule has 2 atom stereocenters. The van der Waals surface area contributed by atoms with E-state index in [1.54, 1.807) is 6.26 Å². The summed E-state index contributed by atoms with van der Waals surface area (Å²) in [5.41, 5.74) is 5.37. The van der Waals surface area contributed by atoms with Crippen LogP contribution < -0.4 is 5.73 Å². The summed E-state index contributed by atoms with van der Waals surface area (Å²) < 4.78 is 33.2. The maximum atomic E-state index is 12.4. The third-order valence-corrected chi connectivity index (χ3v) is 10.9. The van der Waals surface area contributed by atoms with Gasteiger partial charge in [0, 0.05) is 13.0 Å². The molecule has 320 valence electrons. The molecule has 0 bridgehead atoms. The van der Waals surface area contributed by atoms with E-state index < -0.39 is 13.9 Å². The fourth-order valence-electron chi connectivity index (χ4n) is 6.51. The predicted octanol–water partition coefficient (Wildman–Crippen LogP) is 14.0. The number of hydrogen-bond acceptors (Lipinski definition) is 7. The van der Waals surface area contributed by atoms with Gasteiger partial charge in [0.25, 0.3) is 0 Å². The van der Waals surface area contributed by atoms with Crippen LogP contribution >= 0.6 is 7.82 Å². The maximum Gasteiger partial charge on any atom is 0.472 e.